The predicted octanol–water partition coefficient (Wildman–Crippen LogP) is 1.90. The molecule has 1 fully saturated rings. The third-order valence-electron chi connectivity index (χ3n) is 4.87. The summed E-state index contributed by atoms with van der Waals surface area (Å²) in [6.07, 6.45) is 3.69. The summed E-state index contributed by atoms with van der Waals surface area (Å²) in [7, 11) is 0. The number of aliphatic hydroxyl groups is 1. The van der Waals surface area contributed by atoms with Gasteiger partial charge in [0.25, 0.3) is 0 Å². The molecule has 1 saturated heterocycles. The molecule has 5 nitrogen and oxygen atoms in total. The van der Waals surface area contributed by atoms with Crippen LogP contribution in [0.3, 0.4) is 0 Å². The molecule has 0 bridgehead atoms. The smallest absolute Gasteiger partial charge is 0.185 e. The zero-order chi connectivity index (χ0) is 16.4. The second-order valence-electron chi connectivity index (χ2n) is 6.50. The topological polar surface area (TPSA) is 57.6 Å². The fourth-order valence-corrected chi connectivity index (χ4v) is 4.46. The molecule has 0 spiro atoms. The van der Waals surface area contributed by atoms with Gasteiger partial charge in [0.15, 0.2) is 5.13 Å². The molecule has 6 heteroatoms. The van der Waals surface area contributed by atoms with Gasteiger partial charge in [-0.2, -0.15) is 0 Å². The van der Waals surface area contributed by atoms with E-state index in [-0.39, 0.29) is 0 Å². The highest BCUT2D eigenvalue weighted by Gasteiger charge is 2.35. The minimum Gasteiger partial charge on any atom is -0.384 e. The molecule has 1 aliphatic heterocycles. The highest BCUT2D eigenvalue weighted by molar-refractivity contribution is 7.15. The summed E-state index contributed by atoms with van der Waals surface area (Å²) >= 11 is 1.72. The second-order valence-corrected chi connectivity index (χ2v) is 7.59. The number of thiazole rings is 1. The summed E-state index contributed by atoms with van der Waals surface area (Å²) in [5.41, 5.74) is 1.61. The molecule has 24 heavy (non-hydrogen) atoms. The Labute approximate surface area is 146 Å². The molecule has 1 atom stereocenters. The number of fused-ring (bicyclic) bond motifs is 1. The van der Waals surface area contributed by atoms with Crippen molar-refractivity contribution < 1.29 is 9.84 Å². The maximum atomic E-state index is 10.9. The summed E-state index contributed by atoms with van der Waals surface area (Å²) < 4.78 is 5.38. The van der Waals surface area contributed by atoms with E-state index in [0.29, 0.717) is 6.54 Å². The highest BCUT2D eigenvalue weighted by atomic mass is 32.1. The molecule has 0 amide bonds. The van der Waals surface area contributed by atoms with E-state index in [4.69, 9.17) is 4.74 Å². The van der Waals surface area contributed by atoms with Crippen LogP contribution < -0.4 is 10.2 Å². The zero-order valence-electron chi connectivity index (χ0n) is 13.7. The monoisotopic (exact) mass is 345 g/mol. The van der Waals surface area contributed by atoms with Crippen molar-refractivity contribution in [1.29, 1.82) is 0 Å². The standard InChI is InChI=1S/C18H23N3O2S/c22-18(6-5-14-3-1-2-4-16(14)18)13-19-11-15-12-20-17(24-15)21-7-9-23-10-8-21/h1-4,12,19,22H,5-11,13H2/t18-/m1/s1. The van der Waals surface area contributed by atoms with Gasteiger partial charge in [0.05, 0.1) is 13.2 Å². The average molecular weight is 345 g/mol. The van der Waals surface area contributed by atoms with Crippen molar-refractivity contribution >= 4 is 16.5 Å². The van der Waals surface area contributed by atoms with Crippen LogP contribution in [0.15, 0.2) is 30.5 Å². The zero-order valence-corrected chi connectivity index (χ0v) is 14.5. The number of nitrogens with zero attached hydrogens (tertiary/aromatic N) is 2. The van der Waals surface area contributed by atoms with Crippen LogP contribution in [0.2, 0.25) is 0 Å². The Morgan fingerprint density at radius 1 is 1.29 bits per heavy atom. The number of aryl methyl sites for hydroxylation is 1. The first-order valence-electron chi connectivity index (χ1n) is 8.53. The van der Waals surface area contributed by atoms with E-state index >= 15 is 0 Å². The molecule has 1 aromatic carbocycles. The SMILES string of the molecule is O[C@@]1(CNCc2cnc(N3CCOCC3)s2)CCc2ccccc21. The number of ether oxygens (including phenoxy) is 1. The molecule has 1 aromatic heterocycles. The summed E-state index contributed by atoms with van der Waals surface area (Å²) in [4.78, 5) is 8.01. The van der Waals surface area contributed by atoms with Gasteiger partial charge < -0.3 is 20.1 Å². The molecule has 2 aromatic rings. The van der Waals surface area contributed by atoms with Gasteiger partial charge in [-0.15, -0.1) is 11.3 Å². The van der Waals surface area contributed by atoms with Gasteiger partial charge in [-0.3, -0.25) is 0 Å². The first kappa shape index (κ1) is 16.0. The fourth-order valence-electron chi connectivity index (χ4n) is 3.52. The number of nitrogens with one attached hydrogen (secondary N) is 1. The summed E-state index contributed by atoms with van der Waals surface area (Å²) in [5, 5.41) is 15.4. The van der Waals surface area contributed by atoms with E-state index in [1.165, 1.54) is 10.4 Å². The summed E-state index contributed by atoms with van der Waals surface area (Å²) in [6.45, 7) is 4.70. The van der Waals surface area contributed by atoms with Crippen molar-refractivity contribution in [1.82, 2.24) is 10.3 Å². The van der Waals surface area contributed by atoms with Crippen LogP contribution >= 0.6 is 11.3 Å². The molecule has 1 aliphatic carbocycles. The third-order valence-corrected chi connectivity index (χ3v) is 5.92. The lowest BCUT2D eigenvalue weighted by molar-refractivity contribution is 0.0385. The number of rotatable bonds is 5. The van der Waals surface area contributed by atoms with Crippen LogP contribution in [-0.4, -0.2) is 42.9 Å². The van der Waals surface area contributed by atoms with Crippen LogP contribution in [0, 0.1) is 0 Å². The number of benzene rings is 1. The summed E-state index contributed by atoms with van der Waals surface area (Å²) in [5.74, 6) is 0. The second kappa shape index (κ2) is 6.80. The van der Waals surface area contributed by atoms with Gasteiger partial charge in [0.2, 0.25) is 0 Å². The molecule has 0 radical (unpaired) electrons. The van der Waals surface area contributed by atoms with Crippen molar-refractivity contribution in [3.05, 3.63) is 46.5 Å². The highest BCUT2D eigenvalue weighted by Crippen LogP contribution is 2.36. The van der Waals surface area contributed by atoms with Crippen molar-refractivity contribution in [2.24, 2.45) is 0 Å². The fraction of sp³-hybridized carbons (Fsp3) is 0.500. The van der Waals surface area contributed by atoms with E-state index in [2.05, 4.69) is 21.3 Å². The molecule has 2 heterocycles. The molecule has 4 rings (SSSR count). The minimum atomic E-state index is -0.742. The Bertz CT molecular complexity index is 699. The Kier molecular flexibility index (Phi) is 4.54. The van der Waals surface area contributed by atoms with Gasteiger partial charge in [0.1, 0.15) is 5.60 Å². The van der Waals surface area contributed by atoms with Crippen LogP contribution in [0.4, 0.5) is 5.13 Å². The van der Waals surface area contributed by atoms with Crippen molar-refractivity contribution in [2.75, 3.05) is 37.7 Å². The van der Waals surface area contributed by atoms with Gasteiger partial charge in [-0.1, -0.05) is 24.3 Å². The maximum absolute atomic E-state index is 10.9. The number of hydrogen-bond acceptors (Lipinski definition) is 6. The Morgan fingerprint density at radius 2 is 2.12 bits per heavy atom. The van der Waals surface area contributed by atoms with E-state index in [9.17, 15) is 5.11 Å². The van der Waals surface area contributed by atoms with Crippen LogP contribution in [-0.2, 0) is 23.3 Å². The minimum absolute atomic E-state index is 0.578. The molecule has 2 N–H and O–H groups in total. The lowest BCUT2D eigenvalue weighted by Gasteiger charge is -2.26. The number of anilines is 1. The number of morpholine rings is 1. The maximum Gasteiger partial charge on any atom is 0.185 e. The first-order valence-corrected chi connectivity index (χ1v) is 9.35. The number of hydrogen-bond donors (Lipinski definition) is 2. The molecule has 0 unspecified atom stereocenters. The largest absolute Gasteiger partial charge is 0.384 e. The van der Waals surface area contributed by atoms with Gasteiger partial charge >= 0.3 is 0 Å². The normalized spacial score (nSPS) is 23.5. The van der Waals surface area contributed by atoms with E-state index in [0.717, 1.165) is 56.4 Å². The Hall–Kier alpha value is -1.47. The molecular formula is C18H23N3O2S. The van der Waals surface area contributed by atoms with Gasteiger partial charge in [0, 0.05) is 37.3 Å². The third kappa shape index (κ3) is 3.19. The first-order chi connectivity index (χ1) is 11.7. The lowest BCUT2D eigenvalue weighted by atomic mass is 9.96. The van der Waals surface area contributed by atoms with E-state index in [1.54, 1.807) is 11.3 Å². The van der Waals surface area contributed by atoms with Crippen LogP contribution in [0.25, 0.3) is 0 Å². The predicted molar refractivity (Wildman–Crippen MR) is 95.5 cm³/mol. The van der Waals surface area contributed by atoms with Crippen molar-refractivity contribution in [2.45, 2.75) is 25.0 Å². The van der Waals surface area contributed by atoms with Crippen LogP contribution in [0.1, 0.15) is 22.4 Å². The molecule has 128 valence electrons. The number of aromatic nitrogens is 1. The molecule has 2 aliphatic rings. The van der Waals surface area contributed by atoms with Crippen LogP contribution in [0.5, 0.6) is 0 Å². The quantitative estimate of drug-likeness (QED) is 0.867. The Morgan fingerprint density at radius 3 is 3.00 bits per heavy atom. The Balaban J connectivity index is 1.34. The molecular weight excluding hydrogens is 322 g/mol. The van der Waals surface area contributed by atoms with E-state index < -0.39 is 5.60 Å². The van der Waals surface area contributed by atoms with Gasteiger partial charge in [-0.25, -0.2) is 4.98 Å². The summed E-state index contributed by atoms with van der Waals surface area (Å²) in [6, 6.07) is 8.22. The molecule has 0 saturated carbocycles. The van der Waals surface area contributed by atoms with Gasteiger partial charge in [-0.05, 0) is 24.0 Å². The van der Waals surface area contributed by atoms with E-state index in [1.807, 2.05) is 24.4 Å². The average Bonchev–Trinajstić information content (AvgIpc) is 3.22. The lowest BCUT2D eigenvalue weighted by Crippen LogP contribution is -2.36. The van der Waals surface area contributed by atoms with Crippen molar-refractivity contribution in [3.8, 4) is 0 Å². The van der Waals surface area contributed by atoms with Crippen molar-refractivity contribution in [3.63, 3.8) is 0 Å².